The molecule has 0 fully saturated rings. The van der Waals surface area contributed by atoms with Gasteiger partial charge >= 0.3 is 0 Å². The van der Waals surface area contributed by atoms with Crippen LogP contribution in [0.15, 0.2) is 22.7 Å². The van der Waals surface area contributed by atoms with E-state index in [4.69, 9.17) is 0 Å². The van der Waals surface area contributed by atoms with Gasteiger partial charge in [-0.1, -0.05) is 34.2 Å². The zero-order chi connectivity index (χ0) is 13.8. The van der Waals surface area contributed by atoms with E-state index in [1.54, 1.807) is 11.3 Å². The lowest BCUT2D eigenvalue weighted by molar-refractivity contribution is 0.564. The Morgan fingerprint density at radius 2 is 2.21 bits per heavy atom. The Morgan fingerprint density at radius 1 is 1.42 bits per heavy atom. The Morgan fingerprint density at radius 3 is 2.95 bits per heavy atom. The van der Waals surface area contributed by atoms with Crippen LogP contribution >= 0.6 is 49.9 Å². The molecule has 1 N–H and O–H groups in total. The lowest BCUT2D eigenvalue weighted by atomic mass is 10.2. The summed E-state index contributed by atoms with van der Waals surface area (Å²) in [5, 5.41) is 14.1. The second-order valence-electron chi connectivity index (χ2n) is 4.25. The first-order chi connectivity index (χ1) is 9.11. The van der Waals surface area contributed by atoms with Crippen molar-refractivity contribution < 1.29 is 0 Å². The summed E-state index contributed by atoms with van der Waals surface area (Å²) in [5.41, 5.74) is 1.14. The first-order valence-corrected chi connectivity index (χ1v) is 8.83. The van der Waals surface area contributed by atoms with Gasteiger partial charge in [-0.2, -0.15) is 0 Å². The molecule has 0 saturated heterocycles. The highest BCUT2D eigenvalue weighted by molar-refractivity contribution is 14.1. The van der Waals surface area contributed by atoms with Gasteiger partial charge in [0.2, 0.25) is 0 Å². The molecule has 1 aromatic carbocycles. The maximum atomic E-state index is 4.32. The smallest absolute Gasteiger partial charge is 0.148 e. The lowest BCUT2D eigenvalue weighted by Crippen LogP contribution is -2.18. The minimum absolute atomic E-state index is 0.260. The quantitative estimate of drug-likeness (QED) is 0.673. The van der Waals surface area contributed by atoms with E-state index in [1.807, 2.05) is 6.07 Å². The van der Waals surface area contributed by atoms with Crippen LogP contribution in [-0.2, 0) is 0 Å². The fourth-order valence-electron chi connectivity index (χ4n) is 1.63. The Kier molecular flexibility index (Phi) is 5.73. The molecule has 0 aliphatic carbocycles. The maximum absolute atomic E-state index is 4.32. The van der Waals surface area contributed by atoms with Crippen LogP contribution < -0.4 is 5.32 Å². The minimum Gasteiger partial charge on any atom is -0.308 e. The third-order valence-electron chi connectivity index (χ3n) is 2.67. The van der Waals surface area contributed by atoms with Crippen LogP contribution in [0.3, 0.4) is 0 Å². The molecule has 19 heavy (non-hydrogen) atoms. The standard InChI is InChI=1S/C13H15BrIN3S/c1-3-6-16-8(2)12-17-18-13(19-12)10-7-9(14)4-5-11(10)15/h4-5,7-8,16H,3,6H2,1-2H3. The fraction of sp³-hybridized carbons (Fsp3) is 0.385. The summed E-state index contributed by atoms with van der Waals surface area (Å²) in [5.74, 6) is 0. The Balaban J connectivity index is 2.23. The molecule has 1 atom stereocenters. The lowest BCUT2D eigenvalue weighted by Gasteiger charge is -2.08. The predicted octanol–water partition coefficient (Wildman–Crippen LogP) is 4.63. The second-order valence-corrected chi connectivity index (χ2v) is 7.33. The van der Waals surface area contributed by atoms with E-state index in [-0.39, 0.29) is 6.04 Å². The SMILES string of the molecule is CCCNC(C)c1nnc(-c2cc(Br)ccc2I)s1. The van der Waals surface area contributed by atoms with Crippen LogP contribution in [0.2, 0.25) is 0 Å². The number of nitrogens with one attached hydrogen (secondary N) is 1. The Labute approximate surface area is 139 Å². The van der Waals surface area contributed by atoms with Gasteiger partial charge < -0.3 is 5.32 Å². The van der Waals surface area contributed by atoms with Gasteiger partial charge in [0.1, 0.15) is 10.0 Å². The van der Waals surface area contributed by atoms with Crippen LogP contribution in [0, 0.1) is 3.57 Å². The van der Waals surface area contributed by atoms with Gasteiger partial charge in [-0.15, -0.1) is 10.2 Å². The van der Waals surface area contributed by atoms with E-state index in [2.05, 4.69) is 80.0 Å². The monoisotopic (exact) mass is 451 g/mol. The average Bonchev–Trinajstić information content (AvgIpc) is 2.88. The highest BCUT2D eigenvalue weighted by Gasteiger charge is 2.14. The normalized spacial score (nSPS) is 12.6. The first kappa shape index (κ1) is 15.3. The molecule has 0 amide bonds. The molecule has 3 nitrogen and oxygen atoms in total. The fourth-order valence-corrected chi connectivity index (χ4v) is 3.66. The zero-order valence-electron chi connectivity index (χ0n) is 10.8. The van der Waals surface area contributed by atoms with E-state index in [0.29, 0.717) is 0 Å². The van der Waals surface area contributed by atoms with Crippen molar-refractivity contribution in [2.24, 2.45) is 0 Å². The highest BCUT2D eigenvalue weighted by atomic mass is 127. The van der Waals surface area contributed by atoms with Gasteiger partial charge in [-0.05, 0) is 60.7 Å². The van der Waals surface area contributed by atoms with Gasteiger partial charge in [-0.3, -0.25) is 0 Å². The number of hydrogen-bond acceptors (Lipinski definition) is 4. The van der Waals surface area contributed by atoms with Gasteiger partial charge in [-0.25, -0.2) is 0 Å². The molecule has 0 saturated carbocycles. The molecular formula is C13H15BrIN3S. The van der Waals surface area contributed by atoms with Gasteiger partial charge in [0, 0.05) is 13.6 Å². The molecule has 1 heterocycles. The average molecular weight is 452 g/mol. The molecule has 6 heteroatoms. The maximum Gasteiger partial charge on any atom is 0.148 e. The number of nitrogens with zero attached hydrogens (tertiary/aromatic N) is 2. The summed E-state index contributed by atoms with van der Waals surface area (Å²) in [6, 6.07) is 6.48. The Hall–Kier alpha value is -0.0500. The number of benzene rings is 1. The van der Waals surface area contributed by atoms with Crippen LogP contribution in [0.25, 0.3) is 10.6 Å². The Bertz CT molecular complexity index is 559. The number of halogens is 2. The number of hydrogen-bond donors (Lipinski definition) is 1. The van der Waals surface area contributed by atoms with Gasteiger partial charge in [0.05, 0.1) is 6.04 Å². The van der Waals surface area contributed by atoms with Gasteiger partial charge in [0.15, 0.2) is 0 Å². The van der Waals surface area contributed by atoms with E-state index in [9.17, 15) is 0 Å². The molecule has 2 rings (SSSR count). The van der Waals surface area contributed by atoms with Crippen molar-refractivity contribution in [3.05, 3.63) is 31.2 Å². The van der Waals surface area contributed by atoms with E-state index in [1.165, 1.54) is 3.57 Å². The molecule has 1 aromatic heterocycles. The minimum atomic E-state index is 0.260. The largest absolute Gasteiger partial charge is 0.308 e. The molecule has 0 aliphatic heterocycles. The summed E-state index contributed by atoms with van der Waals surface area (Å²) in [7, 11) is 0. The molecule has 0 spiro atoms. The molecule has 2 aromatic rings. The highest BCUT2D eigenvalue weighted by Crippen LogP contribution is 2.32. The third-order valence-corrected chi connectivity index (χ3v) is 5.24. The second kappa shape index (κ2) is 7.10. The van der Waals surface area contributed by atoms with Crippen molar-refractivity contribution in [3.8, 4) is 10.6 Å². The van der Waals surface area contributed by atoms with Crippen LogP contribution in [0.1, 0.15) is 31.3 Å². The van der Waals surface area contributed by atoms with Crippen LogP contribution in [0.4, 0.5) is 0 Å². The topological polar surface area (TPSA) is 37.8 Å². The van der Waals surface area contributed by atoms with Crippen LogP contribution in [0.5, 0.6) is 0 Å². The molecule has 0 bridgehead atoms. The molecular weight excluding hydrogens is 437 g/mol. The summed E-state index contributed by atoms with van der Waals surface area (Å²) >= 11 is 7.49. The molecule has 0 radical (unpaired) electrons. The van der Waals surface area contributed by atoms with E-state index >= 15 is 0 Å². The predicted molar refractivity (Wildman–Crippen MR) is 92.5 cm³/mol. The zero-order valence-corrected chi connectivity index (χ0v) is 15.3. The van der Waals surface area contributed by atoms with Crippen molar-refractivity contribution in [1.82, 2.24) is 15.5 Å². The van der Waals surface area contributed by atoms with Crippen molar-refractivity contribution in [2.75, 3.05) is 6.54 Å². The van der Waals surface area contributed by atoms with E-state index < -0.39 is 0 Å². The van der Waals surface area contributed by atoms with Crippen molar-refractivity contribution in [2.45, 2.75) is 26.3 Å². The van der Waals surface area contributed by atoms with Crippen LogP contribution in [-0.4, -0.2) is 16.7 Å². The van der Waals surface area contributed by atoms with Crippen molar-refractivity contribution in [1.29, 1.82) is 0 Å². The third kappa shape index (κ3) is 3.96. The first-order valence-electron chi connectivity index (χ1n) is 6.14. The molecule has 102 valence electrons. The summed E-state index contributed by atoms with van der Waals surface area (Å²) in [4.78, 5) is 0. The van der Waals surface area contributed by atoms with Crippen molar-refractivity contribution >= 4 is 49.9 Å². The van der Waals surface area contributed by atoms with E-state index in [0.717, 1.165) is 33.0 Å². The molecule has 0 aliphatic rings. The summed E-state index contributed by atoms with van der Waals surface area (Å²) < 4.78 is 2.26. The number of rotatable bonds is 5. The number of aromatic nitrogens is 2. The van der Waals surface area contributed by atoms with Gasteiger partial charge in [0.25, 0.3) is 0 Å². The molecule has 1 unspecified atom stereocenters. The summed E-state index contributed by atoms with van der Waals surface area (Å²) in [6.07, 6.45) is 1.12. The summed E-state index contributed by atoms with van der Waals surface area (Å²) in [6.45, 7) is 5.30. The van der Waals surface area contributed by atoms with Crippen molar-refractivity contribution in [3.63, 3.8) is 0 Å².